The van der Waals surface area contributed by atoms with Gasteiger partial charge in [0.25, 0.3) is 0 Å². The van der Waals surface area contributed by atoms with E-state index in [0.29, 0.717) is 120 Å². The van der Waals surface area contributed by atoms with Gasteiger partial charge in [0.15, 0.2) is 11.5 Å². The molecule has 59 heavy (non-hydrogen) atoms. The number of phenolic OH excluding ortho intramolecular Hbond substituents is 3. The maximum Gasteiger partial charge on any atom is 0.313 e. The Balaban J connectivity index is 1.02. The van der Waals surface area contributed by atoms with Crippen LogP contribution < -0.4 is 4.74 Å². The Morgan fingerprint density at radius 1 is 0.525 bits per heavy atom. The van der Waals surface area contributed by atoms with Crippen LogP contribution >= 0.6 is 0 Å². The van der Waals surface area contributed by atoms with Gasteiger partial charge in [0.1, 0.15) is 23.0 Å². The molecule has 0 aromatic heterocycles. The number of hydrogen-bond donors (Lipinski definition) is 7. The number of hydrogen-bond acceptors (Lipinski definition) is 8. The number of aliphatic carboxylic acids is 4. The highest BCUT2D eigenvalue weighted by Crippen LogP contribution is 2.55. The monoisotopic (exact) mass is 820 g/mol. The Bertz CT molecular complexity index is 1850. The molecule has 0 saturated heterocycles. The zero-order chi connectivity index (χ0) is 42.4. The third kappa shape index (κ3) is 10.5. The number of rotatable bonds is 29. The molecule has 4 fully saturated rings. The second-order valence-electron chi connectivity index (χ2n) is 18.5. The van der Waals surface area contributed by atoms with Gasteiger partial charge in [-0.1, -0.05) is 57.1 Å². The van der Waals surface area contributed by atoms with Gasteiger partial charge < -0.3 is 40.5 Å². The number of benzene rings is 2. The standard InChI is InChI=1S/C47H64O12/c48-35-18-12-14-31(13-4-1-2-8-19-44(23-24-44)40(51)52)32(35)15-5-3-9-22-47(43(57)58)30-38(47)59-37-29-36(49)39(50)34(17-7-11-21-46(27-28-46)42(55)56)33(37)16-6-10-20-45(25-26-45)41(53)54/h12,14,18,29,38,48-50H,1-11,13,15-17,19-28,30H2,(H,51,52)(H,53,54)(H,55,56)(H,57,58). The topological polar surface area (TPSA) is 219 Å². The molecular weight excluding hydrogens is 757 g/mol. The van der Waals surface area contributed by atoms with Crippen molar-refractivity contribution in [3.05, 3.63) is 46.5 Å². The van der Waals surface area contributed by atoms with Crippen molar-refractivity contribution in [2.24, 2.45) is 21.7 Å². The molecule has 6 rings (SSSR count). The molecule has 2 aromatic carbocycles. The van der Waals surface area contributed by atoms with E-state index < -0.39 is 51.6 Å². The molecule has 2 aromatic rings. The van der Waals surface area contributed by atoms with E-state index in [0.717, 1.165) is 75.3 Å². The molecule has 4 saturated carbocycles. The zero-order valence-electron chi connectivity index (χ0n) is 34.4. The van der Waals surface area contributed by atoms with Gasteiger partial charge in [-0.15, -0.1) is 0 Å². The summed E-state index contributed by atoms with van der Waals surface area (Å²) in [6.07, 6.45) is 17.0. The van der Waals surface area contributed by atoms with Crippen LogP contribution in [0.15, 0.2) is 24.3 Å². The van der Waals surface area contributed by atoms with Crippen molar-refractivity contribution in [2.75, 3.05) is 0 Å². The second-order valence-corrected chi connectivity index (χ2v) is 18.5. The van der Waals surface area contributed by atoms with Crippen LogP contribution in [-0.2, 0) is 44.9 Å². The lowest BCUT2D eigenvalue weighted by molar-refractivity contribution is -0.145. The first-order chi connectivity index (χ1) is 28.2. The van der Waals surface area contributed by atoms with Gasteiger partial charge >= 0.3 is 23.9 Å². The second kappa shape index (κ2) is 18.4. The van der Waals surface area contributed by atoms with E-state index in [1.54, 1.807) is 6.07 Å². The summed E-state index contributed by atoms with van der Waals surface area (Å²) in [4.78, 5) is 47.6. The Hall–Kier alpha value is -4.48. The predicted molar refractivity (Wildman–Crippen MR) is 219 cm³/mol. The Kier molecular flexibility index (Phi) is 13.8. The third-order valence-corrected chi connectivity index (χ3v) is 14.4. The molecule has 12 heteroatoms. The van der Waals surface area contributed by atoms with E-state index in [2.05, 4.69) is 0 Å². The van der Waals surface area contributed by atoms with E-state index in [9.17, 15) is 54.9 Å². The van der Waals surface area contributed by atoms with Gasteiger partial charge in [0.2, 0.25) is 0 Å². The van der Waals surface area contributed by atoms with E-state index in [-0.39, 0.29) is 17.2 Å². The van der Waals surface area contributed by atoms with Crippen LogP contribution in [0.4, 0.5) is 0 Å². The molecule has 0 bridgehead atoms. The van der Waals surface area contributed by atoms with Crippen LogP contribution in [0.1, 0.15) is 164 Å². The number of carbonyl (C=O) groups is 4. The van der Waals surface area contributed by atoms with Gasteiger partial charge in [-0.05, 0) is 133 Å². The van der Waals surface area contributed by atoms with Gasteiger partial charge in [-0.3, -0.25) is 19.2 Å². The predicted octanol–water partition coefficient (Wildman–Crippen LogP) is 9.34. The summed E-state index contributed by atoms with van der Waals surface area (Å²) in [5.74, 6) is -3.20. The Morgan fingerprint density at radius 3 is 1.53 bits per heavy atom. The lowest BCUT2D eigenvalue weighted by atomic mass is 9.91. The molecule has 4 aliphatic rings. The number of carboxylic acid groups (broad SMARTS) is 4. The molecule has 0 heterocycles. The van der Waals surface area contributed by atoms with Gasteiger partial charge in [-0.2, -0.15) is 0 Å². The van der Waals surface area contributed by atoms with Gasteiger partial charge in [0.05, 0.1) is 16.2 Å². The van der Waals surface area contributed by atoms with Crippen molar-refractivity contribution in [1.29, 1.82) is 0 Å². The fourth-order valence-electron chi connectivity index (χ4n) is 9.44. The summed E-state index contributed by atoms with van der Waals surface area (Å²) >= 11 is 0. The summed E-state index contributed by atoms with van der Waals surface area (Å²) in [6, 6.07) is 6.97. The first kappa shape index (κ1) is 44.1. The summed E-state index contributed by atoms with van der Waals surface area (Å²) < 4.78 is 6.43. The normalized spacial score (nSPS) is 21.4. The fraction of sp³-hybridized carbons (Fsp3) is 0.660. The van der Waals surface area contributed by atoms with Crippen molar-refractivity contribution in [2.45, 2.75) is 173 Å². The van der Waals surface area contributed by atoms with E-state index in [1.807, 2.05) is 12.1 Å². The van der Waals surface area contributed by atoms with Crippen molar-refractivity contribution < 1.29 is 59.7 Å². The maximum atomic E-state index is 12.7. The Morgan fingerprint density at radius 2 is 0.983 bits per heavy atom. The number of unbranched alkanes of at least 4 members (excludes halogenated alkanes) is 7. The number of phenols is 3. The largest absolute Gasteiger partial charge is 0.508 e. The van der Waals surface area contributed by atoms with Crippen LogP contribution in [0.2, 0.25) is 0 Å². The fourth-order valence-corrected chi connectivity index (χ4v) is 9.44. The van der Waals surface area contributed by atoms with E-state index >= 15 is 0 Å². The maximum absolute atomic E-state index is 12.7. The molecule has 324 valence electrons. The smallest absolute Gasteiger partial charge is 0.313 e. The highest BCUT2D eigenvalue weighted by Gasteiger charge is 2.62. The Labute approximate surface area is 347 Å². The SMILES string of the molecule is O=C(O)C1(CCCCCCc2cccc(O)c2CCCCCC2(C(=O)O)CC2Oc2cc(O)c(O)c(CCCCC3(C(=O)O)CC3)c2CCCCC2(C(=O)O)CC2)CC1. The number of aryl methyl sites for hydroxylation is 1. The minimum Gasteiger partial charge on any atom is -0.508 e. The third-order valence-electron chi connectivity index (χ3n) is 14.4. The molecule has 4 aliphatic carbocycles. The lowest BCUT2D eigenvalue weighted by Gasteiger charge is -2.20. The lowest BCUT2D eigenvalue weighted by Crippen LogP contribution is -2.22. The quantitative estimate of drug-likeness (QED) is 0.0302. The summed E-state index contributed by atoms with van der Waals surface area (Å²) in [6.45, 7) is 0. The van der Waals surface area contributed by atoms with Crippen molar-refractivity contribution in [1.82, 2.24) is 0 Å². The molecule has 0 amide bonds. The first-order valence-corrected chi connectivity index (χ1v) is 22.1. The summed E-state index contributed by atoms with van der Waals surface area (Å²) in [5.41, 5.74) is 0.333. The molecule has 12 nitrogen and oxygen atoms in total. The molecular formula is C47H64O12. The van der Waals surface area contributed by atoms with Crippen LogP contribution in [-0.4, -0.2) is 65.7 Å². The van der Waals surface area contributed by atoms with Gasteiger partial charge in [-0.25, -0.2) is 0 Å². The summed E-state index contributed by atoms with van der Waals surface area (Å²) in [7, 11) is 0. The number of carboxylic acids is 4. The minimum absolute atomic E-state index is 0.261. The van der Waals surface area contributed by atoms with E-state index in [4.69, 9.17) is 4.74 Å². The highest BCUT2D eigenvalue weighted by molar-refractivity contribution is 5.80. The van der Waals surface area contributed by atoms with Crippen LogP contribution in [0.5, 0.6) is 23.0 Å². The first-order valence-electron chi connectivity index (χ1n) is 22.1. The molecule has 2 unspecified atom stereocenters. The van der Waals surface area contributed by atoms with Gasteiger partial charge in [0, 0.05) is 23.6 Å². The zero-order valence-corrected chi connectivity index (χ0v) is 34.4. The molecule has 7 N–H and O–H groups in total. The minimum atomic E-state index is -1.09. The van der Waals surface area contributed by atoms with Crippen LogP contribution in [0.25, 0.3) is 0 Å². The molecule has 0 spiro atoms. The summed E-state index contributed by atoms with van der Waals surface area (Å²) in [5, 5.41) is 71.7. The van der Waals surface area contributed by atoms with Crippen molar-refractivity contribution in [3.8, 4) is 23.0 Å². The number of aromatic hydroxyl groups is 3. The van der Waals surface area contributed by atoms with Crippen LogP contribution in [0, 0.1) is 21.7 Å². The molecule has 2 atom stereocenters. The molecule has 0 aliphatic heterocycles. The average molecular weight is 821 g/mol. The number of ether oxygens (including phenoxy) is 1. The molecule has 0 radical (unpaired) electrons. The van der Waals surface area contributed by atoms with E-state index in [1.165, 1.54) is 6.07 Å². The van der Waals surface area contributed by atoms with Crippen LogP contribution in [0.3, 0.4) is 0 Å². The van der Waals surface area contributed by atoms with Crippen molar-refractivity contribution >= 4 is 23.9 Å². The van der Waals surface area contributed by atoms with Crippen molar-refractivity contribution in [3.63, 3.8) is 0 Å². The average Bonchev–Trinajstić information content (AvgIpc) is 3.99. The highest BCUT2D eigenvalue weighted by atomic mass is 16.5.